The molecule has 138 valence electrons. The molecule has 1 heterocycles. The highest BCUT2D eigenvalue weighted by Gasteiger charge is 2.25. The number of carboxylic acids is 1. The van der Waals surface area contributed by atoms with Crippen molar-refractivity contribution >= 4 is 29.3 Å². The van der Waals surface area contributed by atoms with Crippen molar-refractivity contribution in [3.8, 4) is 0 Å². The predicted octanol–water partition coefficient (Wildman–Crippen LogP) is 1.81. The summed E-state index contributed by atoms with van der Waals surface area (Å²) in [6.45, 7) is 2.86. The number of aromatic nitrogens is 3. The Morgan fingerprint density at radius 3 is 2.62 bits per heavy atom. The minimum absolute atomic E-state index is 0.0500. The van der Waals surface area contributed by atoms with E-state index in [2.05, 4.69) is 10.2 Å². The van der Waals surface area contributed by atoms with Gasteiger partial charge in [-0.1, -0.05) is 0 Å². The van der Waals surface area contributed by atoms with Crippen molar-refractivity contribution < 1.29 is 19.6 Å². The van der Waals surface area contributed by atoms with Crippen LogP contribution in [0.4, 0.5) is 5.69 Å². The molecule has 0 unspecified atom stereocenters. The average molecular weight is 379 g/mol. The third-order valence-corrected chi connectivity index (χ3v) is 4.58. The standard InChI is InChI=1S/C15H17N5O5S/c1-9(2)19(7-13(21)22)14(23)10-4-5-12(11(6-10)20(24)25)26-15-17-16-8-18(15)3/h4-6,8-9H,7H2,1-3H3,(H,21,22). The van der Waals surface area contributed by atoms with Crippen molar-refractivity contribution in [2.24, 2.45) is 7.05 Å². The lowest BCUT2D eigenvalue weighted by Crippen LogP contribution is -2.40. The molecule has 1 aromatic heterocycles. The van der Waals surface area contributed by atoms with Gasteiger partial charge in [0.2, 0.25) is 0 Å². The minimum Gasteiger partial charge on any atom is -0.480 e. The number of aryl methyl sites for hydroxylation is 1. The number of hydrogen-bond donors (Lipinski definition) is 1. The first-order valence-corrected chi connectivity index (χ1v) is 8.35. The van der Waals surface area contributed by atoms with E-state index in [1.807, 2.05) is 0 Å². The molecule has 11 heteroatoms. The van der Waals surface area contributed by atoms with Gasteiger partial charge in [-0.05, 0) is 37.7 Å². The van der Waals surface area contributed by atoms with Gasteiger partial charge in [-0.15, -0.1) is 10.2 Å². The fourth-order valence-corrected chi connectivity index (χ4v) is 2.99. The topological polar surface area (TPSA) is 131 Å². The number of carboxylic acid groups (broad SMARTS) is 1. The summed E-state index contributed by atoms with van der Waals surface area (Å²) in [4.78, 5) is 35.8. The number of amides is 1. The van der Waals surface area contributed by atoms with Crippen molar-refractivity contribution in [3.63, 3.8) is 0 Å². The van der Waals surface area contributed by atoms with Crippen molar-refractivity contribution in [1.29, 1.82) is 0 Å². The SMILES string of the molecule is CC(C)N(CC(=O)O)C(=O)c1ccc(Sc2nncn2C)c([N+](=O)[O-])c1. The van der Waals surface area contributed by atoms with Crippen LogP contribution in [-0.2, 0) is 11.8 Å². The molecule has 10 nitrogen and oxygen atoms in total. The minimum atomic E-state index is -1.16. The van der Waals surface area contributed by atoms with Crippen molar-refractivity contribution in [2.75, 3.05) is 6.54 Å². The maximum Gasteiger partial charge on any atom is 0.323 e. The number of carbonyl (C=O) groups excluding carboxylic acids is 1. The summed E-state index contributed by atoms with van der Waals surface area (Å²) in [5, 5.41) is 28.4. The second kappa shape index (κ2) is 7.95. The Kier molecular flexibility index (Phi) is 5.93. The van der Waals surface area contributed by atoms with Crippen LogP contribution in [0.5, 0.6) is 0 Å². The Morgan fingerprint density at radius 1 is 1.42 bits per heavy atom. The van der Waals surface area contributed by atoms with Gasteiger partial charge in [0.25, 0.3) is 11.6 Å². The fourth-order valence-electron chi connectivity index (χ4n) is 2.14. The summed E-state index contributed by atoms with van der Waals surface area (Å²) in [6, 6.07) is 3.67. The molecule has 0 bridgehead atoms. The van der Waals surface area contributed by atoms with Gasteiger partial charge in [0.15, 0.2) is 5.16 Å². The van der Waals surface area contributed by atoms with Crippen LogP contribution in [0.3, 0.4) is 0 Å². The summed E-state index contributed by atoms with van der Waals surface area (Å²) in [5.74, 6) is -1.74. The Balaban J connectivity index is 2.38. The van der Waals surface area contributed by atoms with E-state index < -0.39 is 23.3 Å². The molecule has 0 aliphatic carbocycles. The van der Waals surface area contributed by atoms with Crippen molar-refractivity contribution in [3.05, 3.63) is 40.2 Å². The largest absolute Gasteiger partial charge is 0.480 e. The molecule has 0 spiro atoms. The van der Waals surface area contributed by atoms with E-state index in [-0.39, 0.29) is 17.3 Å². The maximum atomic E-state index is 12.6. The summed E-state index contributed by atoms with van der Waals surface area (Å²) < 4.78 is 1.61. The first-order valence-electron chi connectivity index (χ1n) is 7.53. The van der Waals surface area contributed by atoms with Crippen LogP contribution >= 0.6 is 11.8 Å². The normalized spacial score (nSPS) is 10.8. The molecule has 1 aromatic carbocycles. The highest BCUT2D eigenvalue weighted by atomic mass is 32.2. The van der Waals surface area contributed by atoms with Gasteiger partial charge in [-0.25, -0.2) is 0 Å². The van der Waals surface area contributed by atoms with Crippen LogP contribution in [0.2, 0.25) is 0 Å². The molecule has 0 fully saturated rings. The van der Waals surface area contributed by atoms with Gasteiger partial charge in [-0.3, -0.25) is 19.7 Å². The number of nitrogens with zero attached hydrogens (tertiary/aromatic N) is 5. The number of nitro groups is 1. The first-order chi connectivity index (χ1) is 12.2. The molecule has 2 rings (SSSR count). The molecule has 0 aliphatic rings. The van der Waals surface area contributed by atoms with Crippen LogP contribution in [0.1, 0.15) is 24.2 Å². The highest BCUT2D eigenvalue weighted by molar-refractivity contribution is 7.99. The Labute approximate surface area is 153 Å². The summed E-state index contributed by atoms with van der Waals surface area (Å²) in [6.07, 6.45) is 1.47. The second-order valence-electron chi connectivity index (χ2n) is 5.69. The van der Waals surface area contributed by atoms with Crippen LogP contribution < -0.4 is 0 Å². The van der Waals surface area contributed by atoms with Gasteiger partial charge < -0.3 is 14.6 Å². The Bertz CT molecular complexity index is 851. The van der Waals surface area contributed by atoms with E-state index in [1.54, 1.807) is 25.5 Å². The molecule has 0 atom stereocenters. The smallest absolute Gasteiger partial charge is 0.323 e. The van der Waals surface area contributed by atoms with Gasteiger partial charge in [-0.2, -0.15) is 0 Å². The zero-order chi connectivity index (χ0) is 19.4. The van der Waals surface area contributed by atoms with E-state index in [0.29, 0.717) is 10.1 Å². The quantitative estimate of drug-likeness (QED) is 0.569. The molecular weight excluding hydrogens is 362 g/mol. The van der Waals surface area contributed by atoms with Crippen molar-refractivity contribution in [2.45, 2.75) is 29.9 Å². The zero-order valence-electron chi connectivity index (χ0n) is 14.3. The molecular formula is C15H17N5O5S. The number of rotatable bonds is 7. The fraction of sp³-hybridized carbons (Fsp3) is 0.333. The maximum absolute atomic E-state index is 12.6. The molecule has 0 aliphatic heterocycles. The average Bonchev–Trinajstić information content (AvgIpc) is 2.96. The van der Waals surface area contributed by atoms with Gasteiger partial charge in [0, 0.05) is 24.7 Å². The van der Waals surface area contributed by atoms with Crippen molar-refractivity contribution in [1.82, 2.24) is 19.7 Å². The number of benzene rings is 1. The Morgan fingerprint density at radius 2 is 2.12 bits per heavy atom. The molecule has 0 saturated heterocycles. The molecule has 0 saturated carbocycles. The predicted molar refractivity (Wildman–Crippen MR) is 92.0 cm³/mol. The number of hydrogen-bond acceptors (Lipinski definition) is 7. The second-order valence-corrected chi connectivity index (χ2v) is 6.70. The highest BCUT2D eigenvalue weighted by Crippen LogP contribution is 2.34. The molecule has 1 N–H and O–H groups in total. The van der Waals surface area contributed by atoms with Crippen LogP contribution in [0.25, 0.3) is 0 Å². The first kappa shape index (κ1) is 19.4. The summed E-state index contributed by atoms with van der Waals surface area (Å²) in [5.41, 5.74) is -0.211. The van der Waals surface area contributed by atoms with E-state index >= 15 is 0 Å². The number of aliphatic carboxylic acids is 1. The lowest BCUT2D eigenvalue weighted by Gasteiger charge is -2.24. The molecule has 2 aromatic rings. The number of carbonyl (C=O) groups is 2. The van der Waals surface area contributed by atoms with E-state index in [1.165, 1.54) is 18.5 Å². The molecule has 26 heavy (non-hydrogen) atoms. The zero-order valence-corrected chi connectivity index (χ0v) is 15.1. The Hall–Kier alpha value is -2.95. The van der Waals surface area contributed by atoms with Crippen LogP contribution in [0, 0.1) is 10.1 Å². The van der Waals surface area contributed by atoms with Crippen LogP contribution in [-0.4, -0.2) is 54.2 Å². The van der Waals surface area contributed by atoms with E-state index in [9.17, 15) is 19.7 Å². The van der Waals surface area contributed by atoms with E-state index in [0.717, 1.165) is 22.7 Å². The van der Waals surface area contributed by atoms with E-state index in [4.69, 9.17) is 5.11 Å². The van der Waals surface area contributed by atoms with Crippen LogP contribution in [0.15, 0.2) is 34.6 Å². The molecule has 1 amide bonds. The third-order valence-electron chi connectivity index (χ3n) is 3.46. The van der Waals surface area contributed by atoms with Gasteiger partial charge >= 0.3 is 5.97 Å². The van der Waals surface area contributed by atoms with Gasteiger partial charge in [0.1, 0.15) is 12.9 Å². The number of nitro benzene ring substituents is 1. The summed E-state index contributed by atoms with van der Waals surface area (Å²) >= 11 is 1.05. The lowest BCUT2D eigenvalue weighted by molar-refractivity contribution is -0.387. The third kappa shape index (κ3) is 4.36. The molecule has 0 radical (unpaired) electrons. The monoisotopic (exact) mass is 379 g/mol. The van der Waals surface area contributed by atoms with Gasteiger partial charge in [0.05, 0.1) is 9.82 Å². The summed E-state index contributed by atoms with van der Waals surface area (Å²) in [7, 11) is 1.71. The lowest BCUT2D eigenvalue weighted by atomic mass is 10.1.